The van der Waals surface area contributed by atoms with Crippen LogP contribution in [0.3, 0.4) is 0 Å². The number of aromatic nitrogens is 2. The molecule has 20 heavy (non-hydrogen) atoms. The van der Waals surface area contributed by atoms with Gasteiger partial charge in [0.05, 0.1) is 11.4 Å². The van der Waals surface area contributed by atoms with Gasteiger partial charge in [0.25, 0.3) is 0 Å². The third-order valence-electron chi connectivity index (χ3n) is 3.53. The molecule has 3 N–H and O–H groups in total. The number of carbonyl (C=O) groups is 1. The molecule has 0 spiro atoms. The van der Waals surface area contributed by atoms with Gasteiger partial charge in [-0.1, -0.05) is 0 Å². The number of nitrogens with zero attached hydrogens (tertiary/aromatic N) is 3. The molecule has 1 aromatic heterocycles. The number of amides is 1. The molecule has 1 aliphatic heterocycles. The average molecular weight is 301 g/mol. The number of carbonyl (C=O) groups excluding carboxylic acids is 1. The highest BCUT2D eigenvalue weighted by Crippen LogP contribution is 2.25. The lowest BCUT2D eigenvalue weighted by atomic mass is 10.2. The van der Waals surface area contributed by atoms with Crippen molar-refractivity contribution in [2.45, 2.75) is 24.8 Å². The van der Waals surface area contributed by atoms with Crippen molar-refractivity contribution in [2.75, 3.05) is 19.6 Å². The second-order valence-corrected chi connectivity index (χ2v) is 6.69. The topological polar surface area (TPSA) is 110 Å². The molecular formula is C11H19N5O3S. The fraction of sp³-hybridized carbons (Fsp3) is 0.636. The number of nitrogens with two attached hydrogens (primary N) is 1. The third-order valence-corrected chi connectivity index (χ3v) is 5.69. The van der Waals surface area contributed by atoms with Crippen molar-refractivity contribution in [2.24, 2.45) is 12.8 Å². The summed E-state index contributed by atoms with van der Waals surface area (Å²) in [5.74, 6) is -0.653. The highest BCUT2D eigenvalue weighted by Gasteiger charge is 2.39. The first-order valence-electron chi connectivity index (χ1n) is 6.29. The van der Waals surface area contributed by atoms with Crippen LogP contribution in [0.25, 0.3) is 0 Å². The van der Waals surface area contributed by atoms with Crippen LogP contribution in [0.5, 0.6) is 0 Å². The van der Waals surface area contributed by atoms with E-state index in [2.05, 4.69) is 10.4 Å². The van der Waals surface area contributed by atoms with Crippen LogP contribution in [0.2, 0.25) is 0 Å². The molecule has 2 rings (SSSR count). The average Bonchev–Trinajstić information content (AvgIpc) is 2.63. The van der Waals surface area contributed by atoms with E-state index in [4.69, 9.17) is 5.73 Å². The Morgan fingerprint density at radius 3 is 2.60 bits per heavy atom. The van der Waals surface area contributed by atoms with Gasteiger partial charge in [-0.2, -0.15) is 9.40 Å². The number of primary amides is 1. The van der Waals surface area contributed by atoms with Crippen LogP contribution in [0.15, 0.2) is 4.90 Å². The van der Waals surface area contributed by atoms with Crippen LogP contribution >= 0.6 is 0 Å². The monoisotopic (exact) mass is 301 g/mol. The van der Waals surface area contributed by atoms with Crippen molar-refractivity contribution in [3.63, 3.8) is 0 Å². The Hall–Kier alpha value is -1.45. The summed E-state index contributed by atoms with van der Waals surface area (Å²) in [6.07, 6.45) is 0. The van der Waals surface area contributed by atoms with E-state index in [1.165, 1.54) is 8.99 Å². The summed E-state index contributed by atoms with van der Waals surface area (Å²) < 4.78 is 28.3. The molecule has 1 saturated heterocycles. The lowest BCUT2D eigenvalue weighted by Gasteiger charge is -2.33. The molecule has 0 aliphatic carbocycles. The molecule has 9 heteroatoms. The van der Waals surface area contributed by atoms with Crippen molar-refractivity contribution in [3.05, 3.63) is 11.4 Å². The van der Waals surface area contributed by atoms with Crippen LogP contribution < -0.4 is 11.1 Å². The fourth-order valence-electron chi connectivity index (χ4n) is 2.46. The van der Waals surface area contributed by atoms with Gasteiger partial charge in [-0.15, -0.1) is 0 Å². The molecule has 1 atom stereocenters. The zero-order valence-electron chi connectivity index (χ0n) is 11.8. The molecule has 0 saturated carbocycles. The second kappa shape index (κ2) is 5.15. The van der Waals surface area contributed by atoms with Crippen molar-refractivity contribution in [1.29, 1.82) is 0 Å². The summed E-state index contributed by atoms with van der Waals surface area (Å²) in [5.41, 5.74) is 6.28. The smallest absolute Gasteiger partial charge is 0.247 e. The van der Waals surface area contributed by atoms with Crippen molar-refractivity contribution >= 4 is 15.9 Å². The van der Waals surface area contributed by atoms with E-state index in [-0.39, 0.29) is 18.0 Å². The minimum absolute atomic E-state index is 0.160. The van der Waals surface area contributed by atoms with E-state index in [9.17, 15) is 13.2 Å². The normalized spacial score (nSPS) is 21.1. The summed E-state index contributed by atoms with van der Waals surface area (Å²) in [4.78, 5) is 11.6. The number of rotatable bonds is 3. The SMILES string of the molecule is Cc1nn(C)c(C)c1S(=O)(=O)N1CCNCC1C(N)=O. The number of aryl methyl sites for hydroxylation is 2. The van der Waals surface area contributed by atoms with Gasteiger partial charge in [0, 0.05) is 26.7 Å². The summed E-state index contributed by atoms with van der Waals surface area (Å²) in [7, 11) is -2.10. The van der Waals surface area contributed by atoms with Crippen LogP contribution in [0, 0.1) is 13.8 Å². The van der Waals surface area contributed by atoms with Crippen molar-refractivity contribution in [1.82, 2.24) is 19.4 Å². The molecule has 1 fully saturated rings. The zero-order valence-corrected chi connectivity index (χ0v) is 12.6. The molecule has 0 aromatic carbocycles. The van der Waals surface area contributed by atoms with Gasteiger partial charge in [0.1, 0.15) is 10.9 Å². The van der Waals surface area contributed by atoms with Gasteiger partial charge < -0.3 is 11.1 Å². The second-order valence-electron chi connectivity index (χ2n) is 4.86. The predicted octanol–water partition coefficient (Wildman–Crippen LogP) is -1.52. The van der Waals surface area contributed by atoms with Crippen LogP contribution in [0.4, 0.5) is 0 Å². The maximum atomic E-state index is 12.8. The lowest BCUT2D eigenvalue weighted by molar-refractivity contribution is -0.122. The quantitative estimate of drug-likeness (QED) is 0.705. The van der Waals surface area contributed by atoms with Gasteiger partial charge in [-0.05, 0) is 13.8 Å². The first-order chi connectivity index (χ1) is 9.26. The van der Waals surface area contributed by atoms with Crippen LogP contribution in [-0.4, -0.2) is 54.1 Å². The van der Waals surface area contributed by atoms with E-state index in [1.54, 1.807) is 20.9 Å². The Morgan fingerprint density at radius 2 is 2.10 bits per heavy atom. The van der Waals surface area contributed by atoms with E-state index in [0.717, 1.165) is 0 Å². The summed E-state index contributed by atoms with van der Waals surface area (Å²) >= 11 is 0. The maximum Gasteiger partial charge on any atom is 0.247 e. The Labute approximate surface area is 118 Å². The summed E-state index contributed by atoms with van der Waals surface area (Å²) in [6.45, 7) is 4.26. The minimum atomic E-state index is -3.79. The number of piperazine rings is 1. The molecule has 0 bridgehead atoms. The van der Waals surface area contributed by atoms with Gasteiger partial charge >= 0.3 is 0 Å². The van der Waals surface area contributed by atoms with Crippen molar-refractivity contribution in [3.8, 4) is 0 Å². The maximum absolute atomic E-state index is 12.8. The number of hydrogen-bond donors (Lipinski definition) is 2. The van der Waals surface area contributed by atoms with E-state index >= 15 is 0 Å². The molecule has 1 aromatic rings. The summed E-state index contributed by atoms with van der Waals surface area (Å²) in [6, 6.07) is -0.868. The number of sulfonamides is 1. The lowest BCUT2D eigenvalue weighted by Crippen LogP contribution is -2.58. The molecule has 1 amide bonds. The molecule has 8 nitrogen and oxygen atoms in total. The van der Waals surface area contributed by atoms with Gasteiger partial charge in [0.15, 0.2) is 0 Å². The largest absolute Gasteiger partial charge is 0.368 e. The Kier molecular flexibility index (Phi) is 3.85. The number of hydrogen-bond acceptors (Lipinski definition) is 5. The molecule has 0 radical (unpaired) electrons. The van der Waals surface area contributed by atoms with Gasteiger partial charge in [-0.3, -0.25) is 9.48 Å². The highest BCUT2D eigenvalue weighted by molar-refractivity contribution is 7.89. The zero-order chi connectivity index (χ0) is 15.1. The molecule has 2 heterocycles. The molecule has 1 unspecified atom stereocenters. The van der Waals surface area contributed by atoms with E-state index in [1.807, 2.05) is 0 Å². The predicted molar refractivity (Wildman–Crippen MR) is 72.4 cm³/mol. The van der Waals surface area contributed by atoms with E-state index in [0.29, 0.717) is 17.9 Å². The molecular weight excluding hydrogens is 282 g/mol. The van der Waals surface area contributed by atoms with Crippen LogP contribution in [-0.2, 0) is 21.9 Å². The minimum Gasteiger partial charge on any atom is -0.368 e. The van der Waals surface area contributed by atoms with Crippen LogP contribution in [0.1, 0.15) is 11.4 Å². The molecule has 1 aliphatic rings. The Morgan fingerprint density at radius 1 is 1.45 bits per heavy atom. The standard InChI is InChI=1S/C11H19N5O3S/c1-7-10(8(2)15(3)14-7)20(18,19)16-5-4-13-6-9(16)11(12)17/h9,13H,4-6H2,1-3H3,(H2,12,17). The Balaban J connectivity index is 2.50. The summed E-state index contributed by atoms with van der Waals surface area (Å²) in [5, 5.41) is 7.10. The first-order valence-corrected chi connectivity index (χ1v) is 7.73. The first kappa shape index (κ1) is 14.9. The van der Waals surface area contributed by atoms with Crippen molar-refractivity contribution < 1.29 is 13.2 Å². The Bertz CT molecular complexity index is 637. The molecule has 112 valence electrons. The van der Waals surface area contributed by atoms with Gasteiger partial charge in [-0.25, -0.2) is 8.42 Å². The fourth-order valence-corrected chi connectivity index (χ4v) is 4.46. The number of nitrogens with one attached hydrogen (secondary N) is 1. The van der Waals surface area contributed by atoms with Gasteiger partial charge in [0.2, 0.25) is 15.9 Å². The third kappa shape index (κ3) is 2.32. The highest BCUT2D eigenvalue weighted by atomic mass is 32.2. The van der Waals surface area contributed by atoms with E-state index < -0.39 is 22.0 Å².